The summed E-state index contributed by atoms with van der Waals surface area (Å²) in [6, 6.07) is 3.21. The second-order valence-electron chi connectivity index (χ2n) is 4.67. The molecule has 1 aromatic carbocycles. The van der Waals surface area contributed by atoms with Gasteiger partial charge in [0, 0.05) is 31.7 Å². The van der Waals surface area contributed by atoms with Crippen molar-refractivity contribution in [3.8, 4) is 0 Å². The lowest BCUT2D eigenvalue weighted by molar-refractivity contribution is 0.0746. The molecule has 1 aromatic heterocycles. The van der Waals surface area contributed by atoms with Gasteiger partial charge < -0.3 is 9.80 Å². The first kappa shape index (κ1) is 13.9. The average Bonchev–Trinajstić information content (AvgIpc) is 3.04. The maximum atomic E-state index is 13.2. The summed E-state index contributed by atoms with van der Waals surface area (Å²) in [5, 5.41) is 0. The van der Waals surface area contributed by atoms with Gasteiger partial charge in [0.2, 0.25) is 0 Å². The number of amides is 1. The molecule has 5 nitrogen and oxygen atoms in total. The lowest BCUT2D eigenvalue weighted by atomic mass is 10.1. The van der Waals surface area contributed by atoms with Crippen LogP contribution in [0.25, 0.3) is 0 Å². The Balaban J connectivity index is 1.66. The maximum absolute atomic E-state index is 13.2. The van der Waals surface area contributed by atoms with E-state index in [1.165, 1.54) is 6.07 Å². The van der Waals surface area contributed by atoms with E-state index in [2.05, 4.69) is 8.75 Å². The van der Waals surface area contributed by atoms with E-state index >= 15 is 0 Å². The first-order chi connectivity index (χ1) is 10.1. The molecule has 21 heavy (non-hydrogen) atoms. The predicted molar refractivity (Wildman–Crippen MR) is 74.4 cm³/mol. The fraction of sp³-hybridized carbons (Fsp3) is 0.308. The highest BCUT2D eigenvalue weighted by molar-refractivity contribution is 6.99. The lowest BCUT2D eigenvalue weighted by Crippen LogP contribution is -2.48. The second kappa shape index (κ2) is 5.72. The van der Waals surface area contributed by atoms with Gasteiger partial charge in [-0.15, -0.1) is 0 Å². The van der Waals surface area contributed by atoms with Gasteiger partial charge in [-0.05, 0) is 18.2 Å². The summed E-state index contributed by atoms with van der Waals surface area (Å²) in [6.07, 6.45) is 1.69. The highest BCUT2D eigenvalue weighted by Gasteiger charge is 2.23. The minimum atomic E-state index is -1.01. The summed E-state index contributed by atoms with van der Waals surface area (Å²) in [6.45, 7) is 2.30. The minimum Gasteiger partial charge on any atom is -0.351 e. The predicted octanol–water partition coefficient (Wildman–Crippen LogP) is 1.78. The topological polar surface area (TPSA) is 49.3 Å². The number of rotatable bonds is 2. The third-order valence-electron chi connectivity index (χ3n) is 3.41. The van der Waals surface area contributed by atoms with Gasteiger partial charge in [0.05, 0.1) is 17.9 Å². The van der Waals surface area contributed by atoms with E-state index in [9.17, 15) is 13.6 Å². The Morgan fingerprint density at radius 1 is 1.14 bits per heavy atom. The van der Waals surface area contributed by atoms with Crippen LogP contribution in [0.15, 0.2) is 24.4 Å². The quantitative estimate of drug-likeness (QED) is 0.848. The van der Waals surface area contributed by atoms with Crippen molar-refractivity contribution in [3.05, 3.63) is 41.6 Å². The first-order valence-electron chi connectivity index (χ1n) is 6.42. The summed E-state index contributed by atoms with van der Waals surface area (Å²) in [7, 11) is 0. The molecule has 8 heteroatoms. The third kappa shape index (κ3) is 2.85. The highest BCUT2D eigenvalue weighted by Crippen LogP contribution is 2.16. The summed E-state index contributed by atoms with van der Waals surface area (Å²) < 4.78 is 34.2. The summed E-state index contributed by atoms with van der Waals surface area (Å²) in [5.41, 5.74) is 0.165. The van der Waals surface area contributed by atoms with Gasteiger partial charge in [-0.3, -0.25) is 4.79 Å². The second-order valence-corrected chi connectivity index (χ2v) is 5.23. The zero-order valence-corrected chi connectivity index (χ0v) is 11.8. The Bertz CT molecular complexity index is 642. The zero-order valence-electron chi connectivity index (χ0n) is 11.0. The van der Waals surface area contributed by atoms with E-state index in [1.807, 2.05) is 4.90 Å². The number of benzene rings is 1. The van der Waals surface area contributed by atoms with E-state index in [0.717, 1.165) is 29.7 Å². The van der Waals surface area contributed by atoms with Crippen molar-refractivity contribution in [3.63, 3.8) is 0 Å². The van der Waals surface area contributed by atoms with Crippen molar-refractivity contribution in [1.82, 2.24) is 13.6 Å². The van der Waals surface area contributed by atoms with Crippen molar-refractivity contribution in [2.45, 2.75) is 0 Å². The van der Waals surface area contributed by atoms with E-state index in [4.69, 9.17) is 0 Å². The Morgan fingerprint density at radius 2 is 1.90 bits per heavy atom. The molecule has 0 unspecified atom stereocenters. The van der Waals surface area contributed by atoms with Crippen molar-refractivity contribution >= 4 is 23.5 Å². The van der Waals surface area contributed by atoms with Crippen LogP contribution in [0.2, 0.25) is 0 Å². The van der Waals surface area contributed by atoms with Crippen LogP contribution in [-0.2, 0) is 0 Å². The fourth-order valence-electron chi connectivity index (χ4n) is 2.25. The molecule has 0 radical (unpaired) electrons. The number of hydrogen-bond acceptors (Lipinski definition) is 5. The van der Waals surface area contributed by atoms with E-state index in [0.29, 0.717) is 26.2 Å². The molecule has 0 atom stereocenters. The number of anilines is 1. The molecule has 1 amide bonds. The van der Waals surface area contributed by atoms with E-state index < -0.39 is 11.6 Å². The van der Waals surface area contributed by atoms with Gasteiger partial charge in [0.25, 0.3) is 5.91 Å². The number of carbonyl (C=O) groups is 1. The molecule has 0 saturated carbocycles. The third-order valence-corrected chi connectivity index (χ3v) is 3.88. The van der Waals surface area contributed by atoms with Crippen molar-refractivity contribution < 1.29 is 13.6 Å². The molecule has 0 aliphatic carbocycles. The molecule has 0 bridgehead atoms. The van der Waals surface area contributed by atoms with Crippen LogP contribution < -0.4 is 4.90 Å². The standard InChI is InChI=1S/C13H12F2N4OS/c14-10-2-1-9(7-11(10)15)13(20)19-5-3-18(4-6-19)12-8-16-21-17-12/h1-2,7-8H,3-6H2. The molecule has 2 heterocycles. The van der Waals surface area contributed by atoms with Gasteiger partial charge >= 0.3 is 0 Å². The average molecular weight is 310 g/mol. The van der Waals surface area contributed by atoms with Crippen LogP contribution in [0.4, 0.5) is 14.6 Å². The molecular formula is C13H12F2N4OS. The molecule has 1 aliphatic heterocycles. The highest BCUT2D eigenvalue weighted by atomic mass is 32.1. The molecule has 110 valence electrons. The zero-order chi connectivity index (χ0) is 14.8. The molecule has 3 rings (SSSR count). The Labute approximate surface area is 124 Å². The normalized spacial score (nSPS) is 15.3. The largest absolute Gasteiger partial charge is 0.351 e. The first-order valence-corrected chi connectivity index (χ1v) is 7.15. The van der Waals surface area contributed by atoms with Gasteiger partial charge in [0.15, 0.2) is 17.5 Å². The van der Waals surface area contributed by atoms with Gasteiger partial charge in [-0.25, -0.2) is 8.78 Å². The van der Waals surface area contributed by atoms with E-state index in [-0.39, 0.29) is 11.5 Å². The molecular weight excluding hydrogens is 298 g/mol. The van der Waals surface area contributed by atoms with Gasteiger partial charge in [0.1, 0.15) is 0 Å². The number of carbonyl (C=O) groups excluding carboxylic acids is 1. The molecule has 1 fully saturated rings. The van der Waals surface area contributed by atoms with Crippen LogP contribution in [0.1, 0.15) is 10.4 Å². The van der Waals surface area contributed by atoms with Crippen molar-refractivity contribution in [2.75, 3.05) is 31.1 Å². The Morgan fingerprint density at radius 3 is 2.52 bits per heavy atom. The fourth-order valence-corrected chi connectivity index (χ4v) is 2.68. The molecule has 0 N–H and O–H groups in total. The van der Waals surface area contributed by atoms with Crippen LogP contribution in [-0.4, -0.2) is 45.7 Å². The number of hydrogen-bond donors (Lipinski definition) is 0. The molecule has 1 aliphatic rings. The summed E-state index contributed by atoms with van der Waals surface area (Å²) in [4.78, 5) is 15.9. The van der Waals surface area contributed by atoms with Crippen LogP contribution in [0, 0.1) is 11.6 Å². The Kier molecular flexibility index (Phi) is 3.78. The van der Waals surface area contributed by atoms with Crippen LogP contribution in [0.5, 0.6) is 0 Å². The lowest BCUT2D eigenvalue weighted by Gasteiger charge is -2.34. The number of piperazine rings is 1. The Hall–Kier alpha value is -2.09. The summed E-state index contributed by atoms with van der Waals surface area (Å²) in [5.74, 6) is -1.44. The van der Waals surface area contributed by atoms with Crippen molar-refractivity contribution in [1.29, 1.82) is 0 Å². The van der Waals surface area contributed by atoms with Gasteiger partial charge in [-0.1, -0.05) is 0 Å². The molecule has 1 saturated heterocycles. The van der Waals surface area contributed by atoms with Crippen LogP contribution in [0.3, 0.4) is 0 Å². The summed E-state index contributed by atoms with van der Waals surface area (Å²) >= 11 is 1.14. The number of halogens is 2. The van der Waals surface area contributed by atoms with Gasteiger partial charge in [-0.2, -0.15) is 8.75 Å². The monoisotopic (exact) mass is 310 g/mol. The molecule has 0 spiro atoms. The van der Waals surface area contributed by atoms with Crippen molar-refractivity contribution in [2.24, 2.45) is 0 Å². The molecule has 2 aromatic rings. The van der Waals surface area contributed by atoms with E-state index in [1.54, 1.807) is 11.1 Å². The number of aromatic nitrogens is 2. The minimum absolute atomic E-state index is 0.165. The smallest absolute Gasteiger partial charge is 0.254 e. The maximum Gasteiger partial charge on any atom is 0.254 e. The SMILES string of the molecule is O=C(c1ccc(F)c(F)c1)N1CCN(c2cnsn2)CC1. The van der Waals surface area contributed by atoms with Crippen LogP contribution >= 0.6 is 11.7 Å². The number of nitrogens with zero attached hydrogens (tertiary/aromatic N) is 4.